The molecule has 0 aliphatic carbocycles. The van der Waals surface area contributed by atoms with Crippen LogP contribution in [-0.2, 0) is 20.7 Å². The van der Waals surface area contributed by atoms with Crippen molar-refractivity contribution in [2.24, 2.45) is 5.41 Å². The second kappa shape index (κ2) is 9.12. The number of nitrogens with zero attached hydrogens (tertiary/aromatic N) is 1. The number of carbonyl (C=O) groups is 2. The highest BCUT2D eigenvalue weighted by Crippen LogP contribution is 2.21. The second-order valence-corrected chi connectivity index (χ2v) is 7.19. The van der Waals surface area contributed by atoms with Gasteiger partial charge < -0.3 is 10.1 Å². The monoisotopic (exact) mass is 366 g/mol. The molecule has 0 unspecified atom stereocenters. The van der Waals surface area contributed by atoms with Gasteiger partial charge in [-0.25, -0.2) is 9.78 Å². The molecule has 0 aliphatic heterocycles. The average Bonchev–Trinajstić information content (AvgIpc) is 2.61. The molecule has 1 aromatic carbocycles. The van der Waals surface area contributed by atoms with Crippen LogP contribution in [0.5, 0.6) is 0 Å². The summed E-state index contributed by atoms with van der Waals surface area (Å²) in [6.07, 6.45) is 3.60. The fourth-order valence-electron chi connectivity index (χ4n) is 2.29. The number of rotatable bonds is 6. The lowest BCUT2D eigenvalue weighted by Crippen LogP contribution is -2.28. The molecule has 0 aliphatic rings. The normalized spacial score (nSPS) is 11.4. The largest absolute Gasteiger partial charge is 0.463 e. The fourth-order valence-corrected chi connectivity index (χ4v) is 2.29. The molecule has 0 atom stereocenters. The number of hydrogen-bond donors (Lipinski definition) is 1. The number of carbonyl (C=O) groups excluding carboxylic acids is 2. The van der Waals surface area contributed by atoms with E-state index in [1.165, 1.54) is 6.08 Å². The van der Waals surface area contributed by atoms with Gasteiger partial charge in [0.05, 0.1) is 6.61 Å². The highest BCUT2D eigenvalue weighted by atomic mass is 16.5. The second-order valence-electron chi connectivity index (χ2n) is 7.19. The van der Waals surface area contributed by atoms with Crippen LogP contribution >= 0.6 is 0 Å². The summed E-state index contributed by atoms with van der Waals surface area (Å²) < 4.78 is 4.91. The zero-order valence-corrected chi connectivity index (χ0v) is 16.3. The number of nitrogens with one attached hydrogen (secondary N) is 1. The lowest BCUT2D eigenvalue weighted by atomic mass is 9.95. The molecular formula is C22H26N2O3. The van der Waals surface area contributed by atoms with Crippen LogP contribution in [0.15, 0.2) is 48.5 Å². The lowest BCUT2D eigenvalue weighted by molar-refractivity contribution is -0.137. The number of benzene rings is 1. The Bertz CT molecular complexity index is 821. The van der Waals surface area contributed by atoms with E-state index in [1.54, 1.807) is 13.0 Å². The number of amides is 1. The van der Waals surface area contributed by atoms with Gasteiger partial charge in [-0.05, 0) is 30.7 Å². The molecule has 2 aromatic rings. The van der Waals surface area contributed by atoms with E-state index in [0.29, 0.717) is 24.4 Å². The van der Waals surface area contributed by atoms with Gasteiger partial charge in [-0.3, -0.25) is 4.79 Å². The SMILES string of the molecule is CCOC(=O)/C=C/c1ccc(Cc2ccccc2)nc1NC(=O)C(C)(C)C. The van der Waals surface area contributed by atoms with Crippen LogP contribution in [0.2, 0.25) is 0 Å². The average molecular weight is 366 g/mol. The summed E-state index contributed by atoms with van der Waals surface area (Å²) in [7, 11) is 0. The molecule has 2 rings (SSSR count). The zero-order valence-electron chi connectivity index (χ0n) is 16.3. The van der Waals surface area contributed by atoms with E-state index in [2.05, 4.69) is 10.3 Å². The third kappa shape index (κ3) is 6.37. The van der Waals surface area contributed by atoms with Crippen LogP contribution in [0.25, 0.3) is 6.08 Å². The Morgan fingerprint density at radius 1 is 1.11 bits per heavy atom. The molecule has 5 nitrogen and oxygen atoms in total. The van der Waals surface area contributed by atoms with Crippen LogP contribution in [0, 0.1) is 5.41 Å². The third-order valence-electron chi connectivity index (χ3n) is 3.81. The summed E-state index contributed by atoms with van der Waals surface area (Å²) in [5.41, 5.74) is 2.06. The first-order chi connectivity index (χ1) is 12.8. The van der Waals surface area contributed by atoms with Crippen molar-refractivity contribution in [3.63, 3.8) is 0 Å². The fraction of sp³-hybridized carbons (Fsp3) is 0.318. The van der Waals surface area contributed by atoms with Crippen molar-refractivity contribution in [2.45, 2.75) is 34.1 Å². The van der Waals surface area contributed by atoms with E-state index in [0.717, 1.165) is 11.3 Å². The van der Waals surface area contributed by atoms with Crippen LogP contribution in [-0.4, -0.2) is 23.5 Å². The van der Waals surface area contributed by atoms with Crippen LogP contribution in [0.3, 0.4) is 0 Å². The molecule has 0 saturated heterocycles. The number of ether oxygens (including phenoxy) is 1. The first-order valence-electron chi connectivity index (χ1n) is 8.99. The summed E-state index contributed by atoms with van der Waals surface area (Å²) in [4.78, 5) is 28.6. The maximum Gasteiger partial charge on any atom is 0.330 e. The van der Waals surface area contributed by atoms with Gasteiger partial charge in [-0.1, -0.05) is 51.1 Å². The molecule has 0 fully saturated rings. The highest BCUT2D eigenvalue weighted by molar-refractivity contribution is 5.96. The van der Waals surface area contributed by atoms with Crippen molar-refractivity contribution in [2.75, 3.05) is 11.9 Å². The summed E-state index contributed by atoms with van der Waals surface area (Å²) in [6, 6.07) is 13.7. The van der Waals surface area contributed by atoms with Crippen LogP contribution in [0.1, 0.15) is 44.5 Å². The van der Waals surface area contributed by atoms with Gasteiger partial charge >= 0.3 is 5.97 Å². The summed E-state index contributed by atoms with van der Waals surface area (Å²) in [6.45, 7) is 7.57. The molecule has 1 heterocycles. The maximum atomic E-state index is 12.4. The first kappa shape index (κ1) is 20.4. The van der Waals surface area contributed by atoms with Gasteiger partial charge in [0.1, 0.15) is 5.82 Å². The number of hydrogen-bond acceptors (Lipinski definition) is 4. The van der Waals surface area contributed by atoms with Crippen molar-refractivity contribution in [1.29, 1.82) is 0 Å². The van der Waals surface area contributed by atoms with E-state index < -0.39 is 11.4 Å². The van der Waals surface area contributed by atoms with Crippen molar-refractivity contribution < 1.29 is 14.3 Å². The Hall–Kier alpha value is -2.95. The molecule has 1 aromatic heterocycles. The van der Waals surface area contributed by atoms with Gasteiger partial charge in [0.15, 0.2) is 0 Å². The number of pyridine rings is 1. The Labute approximate surface area is 160 Å². The number of esters is 1. The molecule has 0 spiro atoms. The Morgan fingerprint density at radius 2 is 1.81 bits per heavy atom. The topological polar surface area (TPSA) is 68.3 Å². The predicted octanol–water partition coefficient (Wildman–Crippen LogP) is 4.23. The van der Waals surface area contributed by atoms with E-state index in [1.807, 2.05) is 63.2 Å². The van der Waals surface area contributed by atoms with Gasteiger partial charge in [0.25, 0.3) is 0 Å². The summed E-state index contributed by atoms with van der Waals surface area (Å²) >= 11 is 0. The molecule has 27 heavy (non-hydrogen) atoms. The van der Waals surface area contributed by atoms with Crippen molar-refractivity contribution in [1.82, 2.24) is 4.98 Å². The Morgan fingerprint density at radius 3 is 2.44 bits per heavy atom. The van der Waals surface area contributed by atoms with E-state index >= 15 is 0 Å². The van der Waals surface area contributed by atoms with Crippen molar-refractivity contribution >= 4 is 23.8 Å². The van der Waals surface area contributed by atoms with E-state index in [4.69, 9.17) is 4.74 Å². The molecular weight excluding hydrogens is 340 g/mol. The van der Waals surface area contributed by atoms with Gasteiger partial charge in [0, 0.05) is 29.2 Å². The van der Waals surface area contributed by atoms with Gasteiger partial charge in [0.2, 0.25) is 5.91 Å². The lowest BCUT2D eigenvalue weighted by Gasteiger charge is -2.18. The zero-order chi connectivity index (χ0) is 19.9. The van der Waals surface area contributed by atoms with Crippen LogP contribution < -0.4 is 5.32 Å². The minimum Gasteiger partial charge on any atom is -0.463 e. The minimum absolute atomic E-state index is 0.141. The molecule has 0 saturated carbocycles. The van der Waals surface area contributed by atoms with Gasteiger partial charge in [-0.2, -0.15) is 0 Å². The van der Waals surface area contributed by atoms with Crippen molar-refractivity contribution in [3.8, 4) is 0 Å². The predicted molar refractivity (Wildman–Crippen MR) is 107 cm³/mol. The standard InChI is InChI=1S/C22H26N2O3/c1-5-27-19(25)14-12-17-11-13-18(15-16-9-7-6-8-10-16)23-20(17)24-21(26)22(2,3)4/h6-14H,5,15H2,1-4H3,(H,23,24,26)/b14-12+. The molecule has 0 bridgehead atoms. The highest BCUT2D eigenvalue weighted by Gasteiger charge is 2.22. The van der Waals surface area contributed by atoms with Gasteiger partial charge in [-0.15, -0.1) is 0 Å². The Balaban J connectivity index is 2.31. The smallest absolute Gasteiger partial charge is 0.330 e. The Kier molecular flexibility index (Phi) is 6.88. The third-order valence-corrected chi connectivity index (χ3v) is 3.81. The molecule has 5 heteroatoms. The summed E-state index contributed by atoms with van der Waals surface area (Å²) in [5, 5.41) is 2.88. The molecule has 1 N–H and O–H groups in total. The number of aromatic nitrogens is 1. The van der Waals surface area contributed by atoms with E-state index in [-0.39, 0.29) is 5.91 Å². The molecule has 0 radical (unpaired) electrons. The van der Waals surface area contributed by atoms with E-state index in [9.17, 15) is 9.59 Å². The van der Waals surface area contributed by atoms with Crippen molar-refractivity contribution in [3.05, 3.63) is 65.4 Å². The quantitative estimate of drug-likeness (QED) is 0.613. The number of anilines is 1. The minimum atomic E-state index is -0.556. The molecule has 1 amide bonds. The molecule has 142 valence electrons. The van der Waals surface area contributed by atoms with Crippen LogP contribution in [0.4, 0.5) is 5.82 Å². The maximum absolute atomic E-state index is 12.4. The summed E-state index contributed by atoms with van der Waals surface area (Å²) in [5.74, 6) is -0.138. The first-order valence-corrected chi connectivity index (χ1v) is 8.99.